The van der Waals surface area contributed by atoms with E-state index in [0.29, 0.717) is 12.1 Å². The Morgan fingerprint density at radius 2 is 1.43 bits per heavy atom. The summed E-state index contributed by atoms with van der Waals surface area (Å²) in [5, 5.41) is 4.47. The van der Waals surface area contributed by atoms with Crippen LogP contribution in [-0.4, -0.2) is 27.8 Å². The summed E-state index contributed by atoms with van der Waals surface area (Å²) in [6.07, 6.45) is 1.89. The Labute approximate surface area is 137 Å². The lowest BCUT2D eigenvalue weighted by Gasteiger charge is -2.45. The minimum atomic E-state index is 0.324. The molecule has 0 atom stereocenters. The Bertz CT molecular complexity index is 718. The first-order chi connectivity index (χ1) is 11.3. The number of aromatic nitrogens is 2. The van der Waals surface area contributed by atoms with Gasteiger partial charge in [-0.2, -0.15) is 5.10 Å². The Balaban J connectivity index is 1.60. The number of rotatable bonds is 4. The molecule has 0 aliphatic carbocycles. The molecule has 4 rings (SSSR count). The third kappa shape index (κ3) is 2.68. The molecule has 3 aromatic rings. The van der Waals surface area contributed by atoms with Crippen LogP contribution in [0.5, 0.6) is 0 Å². The van der Waals surface area contributed by atoms with Crippen LogP contribution in [0, 0.1) is 6.92 Å². The molecule has 0 bridgehead atoms. The van der Waals surface area contributed by atoms with Gasteiger partial charge >= 0.3 is 0 Å². The minimum Gasteiger partial charge on any atom is -0.288 e. The Morgan fingerprint density at radius 3 is 1.91 bits per heavy atom. The number of hydrogen-bond acceptors (Lipinski definition) is 2. The van der Waals surface area contributed by atoms with Crippen LogP contribution in [0.25, 0.3) is 0 Å². The summed E-state index contributed by atoms with van der Waals surface area (Å²) < 4.78 is 2.16. The van der Waals surface area contributed by atoms with Gasteiger partial charge in [-0.05, 0) is 24.1 Å². The van der Waals surface area contributed by atoms with Crippen LogP contribution in [0.1, 0.15) is 28.9 Å². The molecule has 0 spiro atoms. The van der Waals surface area contributed by atoms with Crippen LogP contribution in [0.2, 0.25) is 0 Å². The van der Waals surface area contributed by atoms with E-state index in [1.807, 2.05) is 6.20 Å². The molecular formula is C20H21N3. The van der Waals surface area contributed by atoms with Crippen molar-refractivity contribution in [1.82, 2.24) is 14.7 Å². The molecule has 1 aromatic heterocycles. The summed E-state index contributed by atoms with van der Waals surface area (Å²) in [5.74, 6) is 0. The van der Waals surface area contributed by atoms with Crippen molar-refractivity contribution in [1.29, 1.82) is 0 Å². The molecule has 1 fully saturated rings. The second kappa shape index (κ2) is 6.01. The van der Waals surface area contributed by atoms with Gasteiger partial charge in [-0.15, -0.1) is 0 Å². The van der Waals surface area contributed by atoms with Crippen LogP contribution in [0.15, 0.2) is 72.9 Å². The highest BCUT2D eigenvalue weighted by Gasteiger charge is 2.35. The van der Waals surface area contributed by atoms with Gasteiger partial charge in [0.05, 0.1) is 12.1 Å². The number of aryl methyl sites for hydroxylation is 1. The number of likely N-dealkylation sites (tertiary alicyclic amines) is 1. The third-order valence-electron chi connectivity index (χ3n) is 4.70. The van der Waals surface area contributed by atoms with Gasteiger partial charge in [-0.1, -0.05) is 60.7 Å². The monoisotopic (exact) mass is 303 g/mol. The predicted molar refractivity (Wildman–Crippen MR) is 92.3 cm³/mol. The first-order valence-corrected chi connectivity index (χ1v) is 8.17. The first kappa shape index (κ1) is 14.2. The Hall–Kier alpha value is -2.39. The van der Waals surface area contributed by atoms with Crippen LogP contribution in [0.3, 0.4) is 0 Å². The van der Waals surface area contributed by atoms with Crippen molar-refractivity contribution >= 4 is 0 Å². The van der Waals surface area contributed by atoms with Crippen molar-refractivity contribution in [2.75, 3.05) is 13.1 Å². The van der Waals surface area contributed by atoms with Crippen molar-refractivity contribution in [3.05, 3.63) is 89.7 Å². The summed E-state index contributed by atoms with van der Waals surface area (Å²) in [6, 6.07) is 24.5. The van der Waals surface area contributed by atoms with Crippen molar-refractivity contribution < 1.29 is 0 Å². The number of benzene rings is 2. The van der Waals surface area contributed by atoms with Gasteiger partial charge < -0.3 is 0 Å². The fourth-order valence-electron chi connectivity index (χ4n) is 3.50. The quantitative estimate of drug-likeness (QED) is 0.730. The SMILES string of the molecule is Cc1ccnn1C1CN(C(c2ccccc2)c2ccccc2)C1. The van der Waals surface area contributed by atoms with Gasteiger partial charge in [0.2, 0.25) is 0 Å². The fourth-order valence-corrected chi connectivity index (χ4v) is 3.50. The zero-order chi connectivity index (χ0) is 15.6. The molecule has 2 heterocycles. The molecule has 0 amide bonds. The molecule has 23 heavy (non-hydrogen) atoms. The van der Waals surface area contributed by atoms with Crippen LogP contribution < -0.4 is 0 Å². The maximum atomic E-state index is 4.47. The van der Waals surface area contributed by atoms with E-state index in [0.717, 1.165) is 13.1 Å². The van der Waals surface area contributed by atoms with E-state index >= 15 is 0 Å². The summed E-state index contributed by atoms with van der Waals surface area (Å²) in [4.78, 5) is 2.54. The standard InChI is InChI=1S/C20H21N3/c1-16-12-13-21-23(16)19-14-22(15-19)20(17-8-4-2-5-9-17)18-10-6-3-7-11-18/h2-13,19-20H,14-15H2,1H3. The average Bonchev–Trinajstić information content (AvgIpc) is 2.98. The van der Waals surface area contributed by atoms with Gasteiger partial charge in [0, 0.05) is 25.0 Å². The number of hydrogen-bond donors (Lipinski definition) is 0. The van der Waals surface area contributed by atoms with Gasteiger partial charge in [-0.3, -0.25) is 9.58 Å². The summed E-state index contributed by atoms with van der Waals surface area (Å²) in [7, 11) is 0. The first-order valence-electron chi connectivity index (χ1n) is 8.17. The van der Waals surface area contributed by atoms with E-state index in [2.05, 4.69) is 88.3 Å². The smallest absolute Gasteiger partial charge is 0.0776 e. The molecule has 0 N–H and O–H groups in total. The van der Waals surface area contributed by atoms with Crippen molar-refractivity contribution in [2.24, 2.45) is 0 Å². The largest absolute Gasteiger partial charge is 0.288 e. The molecule has 116 valence electrons. The lowest BCUT2D eigenvalue weighted by atomic mass is 9.93. The van der Waals surface area contributed by atoms with Gasteiger partial charge in [0.1, 0.15) is 0 Å². The van der Waals surface area contributed by atoms with Crippen molar-refractivity contribution in [3.8, 4) is 0 Å². The molecule has 0 unspecified atom stereocenters. The molecule has 2 aromatic carbocycles. The zero-order valence-corrected chi connectivity index (χ0v) is 13.3. The Morgan fingerprint density at radius 1 is 0.870 bits per heavy atom. The molecule has 1 aliphatic rings. The van der Waals surface area contributed by atoms with Crippen LogP contribution in [-0.2, 0) is 0 Å². The molecule has 0 radical (unpaired) electrons. The lowest BCUT2D eigenvalue weighted by Crippen LogP contribution is -2.50. The molecular weight excluding hydrogens is 282 g/mol. The number of nitrogens with zero attached hydrogens (tertiary/aromatic N) is 3. The highest BCUT2D eigenvalue weighted by atomic mass is 15.4. The van der Waals surface area contributed by atoms with E-state index in [-0.39, 0.29) is 0 Å². The van der Waals surface area contributed by atoms with E-state index in [9.17, 15) is 0 Å². The van der Waals surface area contributed by atoms with Crippen molar-refractivity contribution in [3.63, 3.8) is 0 Å². The minimum absolute atomic E-state index is 0.324. The van der Waals surface area contributed by atoms with E-state index in [1.54, 1.807) is 0 Å². The topological polar surface area (TPSA) is 21.1 Å². The normalized spacial score (nSPS) is 15.7. The average molecular weight is 303 g/mol. The van der Waals surface area contributed by atoms with Gasteiger partial charge in [0.25, 0.3) is 0 Å². The van der Waals surface area contributed by atoms with Crippen LogP contribution >= 0.6 is 0 Å². The summed E-state index contributed by atoms with van der Waals surface area (Å²) in [5.41, 5.74) is 3.95. The van der Waals surface area contributed by atoms with Gasteiger partial charge in [0.15, 0.2) is 0 Å². The van der Waals surface area contributed by atoms with Crippen molar-refractivity contribution in [2.45, 2.75) is 19.0 Å². The maximum absolute atomic E-state index is 4.47. The third-order valence-corrected chi connectivity index (χ3v) is 4.70. The molecule has 1 saturated heterocycles. The molecule has 1 aliphatic heterocycles. The maximum Gasteiger partial charge on any atom is 0.0776 e. The highest BCUT2D eigenvalue weighted by molar-refractivity contribution is 5.32. The van der Waals surface area contributed by atoms with E-state index < -0.39 is 0 Å². The molecule has 3 nitrogen and oxygen atoms in total. The highest BCUT2D eigenvalue weighted by Crippen LogP contribution is 2.35. The van der Waals surface area contributed by atoms with Gasteiger partial charge in [-0.25, -0.2) is 0 Å². The molecule has 3 heteroatoms. The fraction of sp³-hybridized carbons (Fsp3) is 0.250. The zero-order valence-electron chi connectivity index (χ0n) is 13.3. The van der Waals surface area contributed by atoms with E-state index in [1.165, 1.54) is 16.8 Å². The van der Waals surface area contributed by atoms with E-state index in [4.69, 9.17) is 0 Å². The predicted octanol–water partition coefficient (Wildman–Crippen LogP) is 3.84. The Kier molecular flexibility index (Phi) is 3.72. The summed E-state index contributed by atoms with van der Waals surface area (Å²) in [6.45, 7) is 4.20. The molecule has 0 saturated carbocycles. The second-order valence-electron chi connectivity index (χ2n) is 6.25. The summed E-state index contributed by atoms with van der Waals surface area (Å²) >= 11 is 0. The second-order valence-corrected chi connectivity index (χ2v) is 6.25. The lowest BCUT2D eigenvalue weighted by molar-refractivity contribution is 0.0670. The van der Waals surface area contributed by atoms with Crippen LogP contribution in [0.4, 0.5) is 0 Å².